The van der Waals surface area contributed by atoms with Gasteiger partial charge in [-0.15, -0.1) is 0 Å². The van der Waals surface area contributed by atoms with Gasteiger partial charge in [-0.25, -0.2) is 0 Å². The van der Waals surface area contributed by atoms with Gasteiger partial charge in [0.2, 0.25) is 0 Å². The number of carbonyl (C=O) groups excluding carboxylic acids is 2. The first kappa shape index (κ1) is 55.4. The van der Waals surface area contributed by atoms with E-state index in [1.165, 1.54) is 20.7 Å². The molecular weight excluding hydrogens is 977 g/mol. The molecule has 0 radical (unpaired) electrons. The molecule has 0 aliphatic rings. The van der Waals surface area contributed by atoms with Crippen LogP contribution in [0.1, 0.15) is 101 Å². The molecule has 8 nitrogen and oxygen atoms in total. The normalized spacial score (nSPS) is 13.1. The second-order valence-corrected chi connectivity index (χ2v) is 30.6. The van der Waals surface area contributed by atoms with Gasteiger partial charge in [0.1, 0.15) is 23.0 Å². The van der Waals surface area contributed by atoms with Crippen LogP contribution in [0.25, 0.3) is 32.7 Å². The molecule has 0 N–H and O–H groups in total. The summed E-state index contributed by atoms with van der Waals surface area (Å²) in [4.78, 5) is 28.1. The Morgan fingerprint density at radius 2 is 0.684 bits per heavy atom. The van der Waals surface area contributed by atoms with Crippen LogP contribution in [0.2, 0.25) is 10.1 Å². The van der Waals surface area contributed by atoms with Gasteiger partial charge in [-0.2, -0.15) is 0 Å². The first-order valence-electron chi connectivity index (χ1n) is 26.3. The minimum Gasteiger partial charge on any atom is -0.496 e. The summed E-state index contributed by atoms with van der Waals surface area (Å²) in [6.45, 7) is 20.9. The van der Waals surface area contributed by atoms with Crippen LogP contribution >= 0.6 is 0 Å². The average molecular weight is 1050 g/mol. The summed E-state index contributed by atoms with van der Waals surface area (Å²) < 4.78 is 40.2. The van der Waals surface area contributed by atoms with Crippen LogP contribution < -0.4 is 39.7 Å². The van der Waals surface area contributed by atoms with Crippen molar-refractivity contribution in [3.8, 4) is 34.1 Å². The molecule has 0 bridgehead atoms. The molecule has 0 saturated carbocycles. The number of methoxy groups -OCH3 is 4. The maximum absolute atomic E-state index is 14.1. The fourth-order valence-electron chi connectivity index (χ4n) is 12.0. The van der Waals surface area contributed by atoms with E-state index >= 15 is 0 Å². The molecule has 0 saturated heterocycles. The monoisotopic (exact) mass is 1050 g/mol. The fraction of sp³-hybridized carbons (Fsp3) is 0.303. The molecule has 0 aliphatic heterocycles. The molecular formula is C66H74O8Si2. The Hall–Kier alpha value is -6.83. The van der Waals surface area contributed by atoms with Crippen LogP contribution in [-0.2, 0) is 21.7 Å². The van der Waals surface area contributed by atoms with Crippen molar-refractivity contribution in [2.75, 3.05) is 28.4 Å². The molecule has 0 spiro atoms. The van der Waals surface area contributed by atoms with E-state index in [1.807, 2.05) is 48.5 Å². The molecule has 8 aromatic carbocycles. The molecule has 0 amide bonds. The summed E-state index contributed by atoms with van der Waals surface area (Å²) in [6, 6.07) is 54.6. The third kappa shape index (κ3) is 10.0. The van der Waals surface area contributed by atoms with Crippen LogP contribution in [0.5, 0.6) is 23.0 Å². The van der Waals surface area contributed by atoms with Crippen molar-refractivity contribution >= 4 is 70.5 Å². The quantitative estimate of drug-likeness (QED) is 0.0584. The summed E-state index contributed by atoms with van der Waals surface area (Å²) >= 11 is 0. The van der Waals surface area contributed by atoms with Crippen LogP contribution in [0.4, 0.5) is 0 Å². The van der Waals surface area contributed by atoms with E-state index in [9.17, 15) is 9.59 Å². The van der Waals surface area contributed by atoms with E-state index in [2.05, 4.69) is 165 Å². The van der Waals surface area contributed by atoms with Gasteiger partial charge in [-0.1, -0.05) is 175 Å². The Morgan fingerprint density at radius 1 is 0.408 bits per heavy atom. The highest BCUT2D eigenvalue weighted by atomic mass is 28.4. The topological polar surface area (TPSA) is 89.5 Å². The lowest BCUT2D eigenvalue weighted by molar-refractivity contribution is 0.0999. The van der Waals surface area contributed by atoms with E-state index in [4.69, 9.17) is 27.8 Å². The highest BCUT2D eigenvalue weighted by Crippen LogP contribution is 2.48. The number of carbonyl (C=O) groups is 2. The number of hydrogen-bond acceptors (Lipinski definition) is 8. The van der Waals surface area contributed by atoms with Gasteiger partial charge in [0, 0.05) is 57.7 Å². The van der Waals surface area contributed by atoms with E-state index in [0.29, 0.717) is 47.0 Å². The molecule has 0 aromatic heterocycles. The zero-order valence-corrected chi connectivity index (χ0v) is 48.8. The molecule has 10 heteroatoms. The van der Waals surface area contributed by atoms with Gasteiger partial charge in [0.05, 0.1) is 39.6 Å². The van der Waals surface area contributed by atoms with E-state index in [-0.39, 0.29) is 33.9 Å². The molecule has 0 aliphatic carbocycles. The van der Waals surface area contributed by atoms with Crippen molar-refractivity contribution in [3.63, 3.8) is 0 Å². The Kier molecular flexibility index (Phi) is 16.3. The Balaban J connectivity index is 1.22. The molecule has 0 fully saturated rings. The molecule has 0 unspecified atom stereocenters. The maximum atomic E-state index is 14.1. The van der Waals surface area contributed by atoms with E-state index < -0.39 is 16.6 Å². The number of hydrogen-bond donors (Lipinski definition) is 0. The van der Waals surface area contributed by atoms with E-state index in [1.54, 1.807) is 42.3 Å². The van der Waals surface area contributed by atoms with Gasteiger partial charge in [0.15, 0.2) is 11.6 Å². The highest BCUT2D eigenvalue weighted by molar-refractivity contribution is 7.00. The average Bonchev–Trinajstić information content (AvgIpc) is 3.43. The predicted octanol–water partition coefficient (Wildman–Crippen LogP) is 13.1. The fourth-order valence-corrected chi connectivity index (χ4v) is 21.4. The third-order valence-electron chi connectivity index (χ3n) is 15.1. The van der Waals surface area contributed by atoms with Crippen LogP contribution in [-0.4, -0.2) is 68.8 Å². The molecule has 0 heterocycles. The summed E-state index contributed by atoms with van der Waals surface area (Å²) in [5.41, 5.74) is 4.11. The Morgan fingerprint density at radius 3 is 0.921 bits per heavy atom. The number of benzene rings is 8. The van der Waals surface area contributed by atoms with Crippen molar-refractivity contribution in [1.82, 2.24) is 0 Å². The minimum atomic E-state index is -2.95. The van der Waals surface area contributed by atoms with Gasteiger partial charge in [-0.05, 0) is 93.9 Å². The second-order valence-electron chi connectivity index (χ2n) is 22.1. The Bertz CT molecular complexity index is 3060. The van der Waals surface area contributed by atoms with Crippen LogP contribution in [0.3, 0.4) is 0 Å². The molecule has 8 aromatic rings. The standard InChI is InChI=1S/C66H74O8Si2/c1-43(73-75(65(5,6)7,49-27-19-15-20-28-49)50-29-21-16-22-30-50)39-57-59(45(3)67)63(71-13)55-41-47(35-37-53(55)61(57)69-11)48-36-38-54-56(42-48)64(72-14)60(46(4)68)58(62(54)70-12)40-44(2)74-76(66(8,9)10,51-31-23-17-24-32-51)52-33-25-18-26-34-52/h15-38,41-44H,39-40H2,1-14H3/t43-,44-/m0/s1. The van der Waals surface area contributed by atoms with Crippen molar-refractivity contribution in [3.05, 3.63) is 180 Å². The predicted molar refractivity (Wildman–Crippen MR) is 317 cm³/mol. The Labute approximate surface area is 452 Å². The van der Waals surface area contributed by atoms with Crippen LogP contribution in [0, 0.1) is 0 Å². The molecule has 394 valence electrons. The molecule has 8 rings (SSSR count). The highest BCUT2D eigenvalue weighted by Gasteiger charge is 2.52. The number of fused-ring (bicyclic) bond motifs is 2. The summed E-state index contributed by atoms with van der Waals surface area (Å²) in [6.07, 6.45) is 0.132. The van der Waals surface area contributed by atoms with Crippen molar-refractivity contribution < 1.29 is 37.4 Å². The number of ketones is 2. The van der Waals surface area contributed by atoms with E-state index in [0.717, 1.165) is 43.8 Å². The lowest BCUT2D eigenvalue weighted by Gasteiger charge is -2.44. The zero-order valence-electron chi connectivity index (χ0n) is 46.8. The van der Waals surface area contributed by atoms with Gasteiger partial charge in [0.25, 0.3) is 16.6 Å². The maximum Gasteiger partial charge on any atom is 0.261 e. The van der Waals surface area contributed by atoms with Gasteiger partial charge < -0.3 is 27.8 Å². The number of ether oxygens (including phenoxy) is 4. The summed E-state index contributed by atoms with van der Waals surface area (Å²) in [5.74, 6) is 1.85. The number of Topliss-reactive ketones (excluding diaryl/α,β-unsaturated/α-hetero) is 2. The lowest BCUT2D eigenvalue weighted by atomic mass is 9.89. The SMILES string of the molecule is COc1c(C[C@H](C)O[Si](c2ccccc2)(c2ccccc2)C(C)(C)C)c(C(C)=O)c(OC)c2cc(-c3ccc4c(OC)c(C[C@H](C)O[Si](c5ccccc5)(c5ccccc5)C(C)(C)C)c(C(C)=O)c(OC)c4c3)ccc12. The van der Waals surface area contributed by atoms with Crippen molar-refractivity contribution in [2.45, 2.75) is 104 Å². The smallest absolute Gasteiger partial charge is 0.261 e. The van der Waals surface area contributed by atoms with Crippen LogP contribution in [0.15, 0.2) is 158 Å². The summed E-state index contributed by atoms with van der Waals surface area (Å²) in [5, 5.41) is 7.28. The van der Waals surface area contributed by atoms with Gasteiger partial charge in [-0.3, -0.25) is 9.59 Å². The minimum absolute atomic E-state index is 0.142. The van der Waals surface area contributed by atoms with Crippen molar-refractivity contribution in [2.24, 2.45) is 0 Å². The number of rotatable bonds is 19. The van der Waals surface area contributed by atoms with Crippen molar-refractivity contribution in [1.29, 1.82) is 0 Å². The first-order valence-corrected chi connectivity index (χ1v) is 30.1. The lowest BCUT2D eigenvalue weighted by Crippen LogP contribution is -2.67. The third-order valence-corrected chi connectivity index (χ3v) is 25.4. The largest absolute Gasteiger partial charge is 0.496 e. The second kappa shape index (κ2) is 22.4. The first-order chi connectivity index (χ1) is 36.3. The summed E-state index contributed by atoms with van der Waals surface area (Å²) in [7, 11) is 0.639. The van der Waals surface area contributed by atoms with Gasteiger partial charge >= 0.3 is 0 Å². The zero-order chi connectivity index (χ0) is 54.7. The molecule has 2 atom stereocenters. The molecule has 76 heavy (non-hydrogen) atoms.